The van der Waals surface area contributed by atoms with Gasteiger partial charge in [0.15, 0.2) is 5.82 Å². The minimum atomic E-state index is -1.28. The third-order valence-corrected chi connectivity index (χ3v) is 5.57. The molecule has 1 saturated heterocycles. The van der Waals surface area contributed by atoms with Gasteiger partial charge in [0.1, 0.15) is 5.56 Å². The van der Waals surface area contributed by atoms with Crippen molar-refractivity contribution in [1.82, 2.24) is 4.57 Å². The van der Waals surface area contributed by atoms with Crippen LogP contribution >= 0.6 is 0 Å². The Balaban J connectivity index is 2.09. The third-order valence-electron chi connectivity index (χ3n) is 5.57. The molecule has 2 aromatic rings. The number of pyridine rings is 1. The van der Waals surface area contributed by atoms with E-state index >= 15 is 4.39 Å². The molecule has 4 rings (SSSR count). The first-order valence-corrected chi connectivity index (χ1v) is 8.92. The van der Waals surface area contributed by atoms with Gasteiger partial charge in [-0.3, -0.25) is 4.79 Å². The molecule has 26 heavy (non-hydrogen) atoms. The number of hydrogen-bond donors (Lipinski definition) is 2. The molecule has 1 aromatic carbocycles. The first kappa shape index (κ1) is 17.0. The molecule has 2 fully saturated rings. The predicted molar refractivity (Wildman–Crippen MR) is 97.7 cm³/mol. The van der Waals surface area contributed by atoms with Crippen molar-refractivity contribution in [2.24, 2.45) is 5.73 Å². The highest BCUT2D eigenvalue weighted by molar-refractivity contribution is 5.97. The second-order valence-electron chi connectivity index (χ2n) is 7.45. The molecule has 0 bridgehead atoms. The van der Waals surface area contributed by atoms with E-state index in [0.717, 1.165) is 19.3 Å². The lowest BCUT2D eigenvalue weighted by molar-refractivity contribution is 0.0695. The first-order valence-electron chi connectivity index (χ1n) is 8.92. The van der Waals surface area contributed by atoms with E-state index in [0.29, 0.717) is 29.9 Å². The van der Waals surface area contributed by atoms with Crippen LogP contribution in [0.15, 0.2) is 11.0 Å². The second kappa shape index (κ2) is 5.81. The van der Waals surface area contributed by atoms with Gasteiger partial charge in [-0.1, -0.05) is 0 Å². The molecule has 7 heteroatoms. The van der Waals surface area contributed by atoms with E-state index in [1.807, 2.05) is 16.4 Å². The van der Waals surface area contributed by atoms with Crippen molar-refractivity contribution in [3.8, 4) is 0 Å². The maximum Gasteiger partial charge on any atom is 0.341 e. The van der Waals surface area contributed by atoms with E-state index in [1.54, 1.807) is 6.92 Å². The monoisotopic (exact) mass is 359 g/mol. The standard InChI is InChI=1S/C19H22FN3O3/c1-9-14-16(10(2)17(15(9)20)22-6-5-11(21)7-22)23(12-3-4-12)8-13(18(14)24)19(25)26/h8,11-12H,3-7,21H2,1-2H3,(H,25,26). The second-order valence-corrected chi connectivity index (χ2v) is 7.45. The summed E-state index contributed by atoms with van der Waals surface area (Å²) in [5, 5.41) is 9.59. The quantitative estimate of drug-likeness (QED) is 0.878. The summed E-state index contributed by atoms with van der Waals surface area (Å²) in [6.07, 6.45) is 4.07. The number of nitrogens with two attached hydrogens (primary N) is 1. The van der Waals surface area contributed by atoms with Gasteiger partial charge in [0, 0.05) is 36.9 Å². The maximum absolute atomic E-state index is 15.3. The smallest absolute Gasteiger partial charge is 0.341 e. The number of aryl methyl sites for hydroxylation is 2. The van der Waals surface area contributed by atoms with Crippen LogP contribution < -0.4 is 16.1 Å². The fraction of sp³-hybridized carbons (Fsp3) is 0.474. The highest BCUT2D eigenvalue weighted by atomic mass is 19.1. The van der Waals surface area contributed by atoms with Gasteiger partial charge in [0.2, 0.25) is 5.43 Å². The number of fused-ring (bicyclic) bond motifs is 1. The molecule has 6 nitrogen and oxygen atoms in total. The van der Waals surface area contributed by atoms with E-state index in [-0.39, 0.29) is 28.6 Å². The zero-order chi connectivity index (χ0) is 18.7. The summed E-state index contributed by atoms with van der Waals surface area (Å²) in [7, 11) is 0. The van der Waals surface area contributed by atoms with Gasteiger partial charge in [-0.2, -0.15) is 0 Å². The number of carboxylic acid groups (broad SMARTS) is 1. The number of carboxylic acids is 1. The van der Waals surface area contributed by atoms with Crippen molar-refractivity contribution in [2.45, 2.75) is 45.2 Å². The van der Waals surface area contributed by atoms with Crippen LogP contribution in [0.1, 0.15) is 46.8 Å². The number of rotatable bonds is 3. The Morgan fingerprint density at radius 1 is 1.27 bits per heavy atom. The summed E-state index contributed by atoms with van der Waals surface area (Å²) in [6.45, 7) is 4.61. The fourth-order valence-corrected chi connectivity index (χ4v) is 4.09. The minimum Gasteiger partial charge on any atom is -0.477 e. The Kier molecular flexibility index (Phi) is 3.80. The average Bonchev–Trinajstić information content (AvgIpc) is 3.34. The van der Waals surface area contributed by atoms with Crippen molar-refractivity contribution >= 4 is 22.6 Å². The molecule has 1 unspecified atom stereocenters. The molecule has 138 valence electrons. The molecule has 2 heterocycles. The number of halogens is 1. The number of aromatic carboxylic acids is 1. The highest BCUT2D eigenvalue weighted by Gasteiger charge is 2.32. The van der Waals surface area contributed by atoms with Crippen molar-refractivity contribution in [1.29, 1.82) is 0 Å². The molecule has 0 radical (unpaired) electrons. The Morgan fingerprint density at radius 2 is 1.96 bits per heavy atom. The lowest BCUT2D eigenvalue weighted by Gasteiger charge is -2.25. The fourth-order valence-electron chi connectivity index (χ4n) is 4.09. The SMILES string of the molecule is Cc1c(F)c(N2CCC(N)C2)c(C)c2c1c(=O)c(C(=O)O)cn2C1CC1. The summed E-state index contributed by atoms with van der Waals surface area (Å²) >= 11 is 0. The predicted octanol–water partition coefficient (Wildman–Crippen LogP) is 2.33. The average molecular weight is 359 g/mol. The van der Waals surface area contributed by atoms with Crippen molar-refractivity contribution < 1.29 is 14.3 Å². The molecule has 0 amide bonds. The van der Waals surface area contributed by atoms with Gasteiger partial charge in [-0.25, -0.2) is 9.18 Å². The van der Waals surface area contributed by atoms with Crippen molar-refractivity contribution in [3.63, 3.8) is 0 Å². The van der Waals surface area contributed by atoms with Crippen LogP contribution in [0.5, 0.6) is 0 Å². The van der Waals surface area contributed by atoms with Crippen LogP contribution in [0.3, 0.4) is 0 Å². The normalized spacial score (nSPS) is 20.2. The molecular formula is C19H22FN3O3. The number of hydrogen-bond acceptors (Lipinski definition) is 4. The van der Waals surface area contributed by atoms with Crippen LogP contribution in [0.25, 0.3) is 10.9 Å². The summed E-state index contributed by atoms with van der Waals surface area (Å²) in [5.74, 6) is -1.73. The van der Waals surface area contributed by atoms with Crippen LogP contribution in [0.4, 0.5) is 10.1 Å². The van der Waals surface area contributed by atoms with Gasteiger partial charge < -0.3 is 20.3 Å². The molecule has 0 spiro atoms. The van der Waals surface area contributed by atoms with Crippen LogP contribution in [0, 0.1) is 19.7 Å². The van der Waals surface area contributed by atoms with E-state index in [4.69, 9.17) is 5.73 Å². The van der Waals surface area contributed by atoms with E-state index in [9.17, 15) is 14.7 Å². The molecule has 2 aliphatic rings. The number of nitrogens with zero attached hydrogens (tertiary/aromatic N) is 2. The minimum absolute atomic E-state index is 0.00446. The van der Waals surface area contributed by atoms with Crippen LogP contribution in [0.2, 0.25) is 0 Å². The van der Waals surface area contributed by atoms with Crippen molar-refractivity contribution in [3.05, 3.63) is 38.9 Å². The van der Waals surface area contributed by atoms with Crippen LogP contribution in [-0.4, -0.2) is 34.8 Å². The highest BCUT2D eigenvalue weighted by Crippen LogP contribution is 2.41. The lowest BCUT2D eigenvalue weighted by Crippen LogP contribution is -2.28. The molecule has 1 saturated carbocycles. The molecule has 1 atom stereocenters. The molecule has 1 aliphatic heterocycles. The summed E-state index contributed by atoms with van der Waals surface area (Å²) in [6, 6.07) is 0.165. The van der Waals surface area contributed by atoms with Gasteiger partial charge in [0.05, 0.1) is 16.6 Å². The first-order chi connectivity index (χ1) is 12.3. The van der Waals surface area contributed by atoms with Gasteiger partial charge in [-0.05, 0) is 38.7 Å². The van der Waals surface area contributed by atoms with Crippen LogP contribution in [-0.2, 0) is 0 Å². The van der Waals surface area contributed by atoms with Crippen molar-refractivity contribution in [2.75, 3.05) is 18.0 Å². The summed E-state index contributed by atoms with van der Waals surface area (Å²) in [5.41, 5.74) is 7.10. The van der Waals surface area contributed by atoms with E-state index in [2.05, 4.69) is 0 Å². The lowest BCUT2D eigenvalue weighted by atomic mass is 9.99. The van der Waals surface area contributed by atoms with Gasteiger partial charge >= 0.3 is 5.97 Å². The zero-order valence-electron chi connectivity index (χ0n) is 14.9. The van der Waals surface area contributed by atoms with E-state index in [1.165, 1.54) is 6.20 Å². The Morgan fingerprint density at radius 3 is 2.50 bits per heavy atom. The summed E-state index contributed by atoms with van der Waals surface area (Å²) in [4.78, 5) is 26.2. The Bertz CT molecular complexity index is 994. The maximum atomic E-state index is 15.3. The van der Waals surface area contributed by atoms with Gasteiger partial charge in [-0.15, -0.1) is 0 Å². The summed E-state index contributed by atoms with van der Waals surface area (Å²) < 4.78 is 17.1. The van der Waals surface area contributed by atoms with E-state index < -0.39 is 17.2 Å². The number of anilines is 1. The number of benzene rings is 1. The Labute approximate surface area is 150 Å². The van der Waals surface area contributed by atoms with Gasteiger partial charge in [0.25, 0.3) is 0 Å². The molecule has 1 aliphatic carbocycles. The largest absolute Gasteiger partial charge is 0.477 e. The molecule has 3 N–H and O–H groups in total. The topological polar surface area (TPSA) is 88.6 Å². The molecular weight excluding hydrogens is 337 g/mol. The Hall–Kier alpha value is -2.41. The number of carbonyl (C=O) groups is 1. The number of aromatic nitrogens is 1. The third kappa shape index (κ3) is 2.41. The zero-order valence-corrected chi connectivity index (χ0v) is 14.9. The molecule has 1 aromatic heterocycles.